The number of thiazole rings is 1. The van der Waals surface area contributed by atoms with Crippen LogP contribution in [0.1, 0.15) is 62.9 Å². The largest absolute Gasteiger partial charge is 0.352 e. The third-order valence-corrected chi connectivity index (χ3v) is 7.15. The fraction of sp³-hybridized carbons (Fsp3) is 0.619. The minimum Gasteiger partial charge on any atom is -0.352 e. The fourth-order valence-corrected chi connectivity index (χ4v) is 5.60. The van der Waals surface area contributed by atoms with Gasteiger partial charge in [-0.3, -0.25) is 9.69 Å². The first-order valence-electron chi connectivity index (χ1n) is 10.1. The van der Waals surface area contributed by atoms with E-state index < -0.39 is 0 Å². The van der Waals surface area contributed by atoms with Crippen LogP contribution in [-0.2, 0) is 4.79 Å². The van der Waals surface area contributed by atoms with Crippen LogP contribution in [0, 0.1) is 5.92 Å². The Bertz CT molecular complexity index is 726. The number of rotatable bonds is 4. The molecule has 2 aliphatic rings. The molecule has 1 saturated heterocycles. The van der Waals surface area contributed by atoms with E-state index in [-0.39, 0.29) is 11.9 Å². The average Bonchev–Trinajstić information content (AvgIpc) is 3.08. The van der Waals surface area contributed by atoms with E-state index in [9.17, 15) is 4.79 Å². The summed E-state index contributed by atoms with van der Waals surface area (Å²) in [6, 6.07) is 8.99. The summed E-state index contributed by atoms with van der Waals surface area (Å²) in [5.74, 6) is 0.797. The summed E-state index contributed by atoms with van der Waals surface area (Å²) in [7, 11) is 0. The van der Waals surface area contributed by atoms with Gasteiger partial charge in [0.25, 0.3) is 0 Å². The van der Waals surface area contributed by atoms with Gasteiger partial charge in [0.2, 0.25) is 5.91 Å². The summed E-state index contributed by atoms with van der Waals surface area (Å²) in [6.45, 7) is 3.77. The second-order valence-electron chi connectivity index (χ2n) is 7.94. The van der Waals surface area contributed by atoms with Crippen molar-refractivity contribution in [1.29, 1.82) is 0 Å². The molecule has 0 spiro atoms. The first kappa shape index (κ1) is 17.9. The predicted octanol–water partition coefficient (Wildman–Crippen LogP) is 4.52. The molecule has 2 fully saturated rings. The molecule has 1 aliphatic carbocycles. The van der Waals surface area contributed by atoms with E-state index in [1.54, 1.807) is 11.3 Å². The van der Waals surface area contributed by atoms with Gasteiger partial charge in [-0.1, -0.05) is 38.3 Å². The number of nitrogens with one attached hydrogen (secondary N) is 1. The number of piperidine rings is 1. The van der Waals surface area contributed by atoms with Crippen molar-refractivity contribution in [3.8, 4) is 0 Å². The zero-order chi connectivity index (χ0) is 17.9. The van der Waals surface area contributed by atoms with Crippen LogP contribution in [-0.4, -0.2) is 34.9 Å². The van der Waals surface area contributed by atoms with Gasteiger partial charge in [-0.2, -0.15) is 0 Å². The number of benzene rings is 1. The Balaban J connectivity index is 1.44. The molecule has 3 atom stereocenters. The van der Waals surface area contributed by atoms with Crippen LogP contribution in [0.25, 0.3) is 10.2 Å². The van der Waals surface area contributed by atoms with Crippen molar-refractivity contribution in [1.82, 2.24) is 15.2 Å². The lowest BCUT2D eigenvalue weighted by molar-refractivity contribution is -0.124. The molecule has 5 heteroatoms. The minimum atomic E-state index is 0.191. The van der Waals surface area contributed by atoms with Crippen LogP contribution < -0.4 is 5.32 Å². The molecule has 0 radical (unpaired) electrons. The number of nitrogens with zero attached hydrogens (tertiary/aromatic N) is 2. The average molecular weight is 372 g/mol. The molecule has 1 aromatic carbocycles. The first-order chi connectivity index (χ1) is 12.7. The maximum Gasteiger partial charge on any atom is 0.234 e. The van der Waals surface area contributed by atoms with Gasteiger partial charge in [0.15, 0.2) is 0 Å². The number of aromatic nitrogens is 1. The van der Waals surface area contributed by atoms with E-state index in [4.69, 9.17) is 4.98 Å². The standard InChI is InChI=1S/C21H29N3OS/c1-15-8-2-3-9-16(15)22-20(25)14-24-13-7-6-11-18(24)21-23-17-10-4-5-12-19(17)26-21/h4-5,10,12,15-16,18H,2-3,6-9,11,13-14H2,1H3,(H,22,25)/t15-,16-,18-/m1/s1. The van der Waals surface area contributed by atoms with E-state index in [0.717, 1.165) is 24.9 Å². The molecule has 140 valence electrons. The van der Waals surface area contributed by atoms with Gasteiger partial charge in [0.1, 0.15) is 5.01 Å². The quantitative estimate of drug-likeness (QED) is 0.859. The van der Waals surface area contributed by atoms with Gasteiger partial charge in [0.05, 0.1) is 22.8 Å². The van der Waals surface area contributed by atoms with Crippen molar-refractivity contribution in [2.75, 3.05) is 13.1 Å². The highest BCUT2D eigenvalue weighted by Crippen LogP contribution is 2.35. The van der Waals surface area contributed by atoms with E-state index in [0.29, 0.717) is 18.5 Å². The van der Waals surface area contributed by atoms with Gasteiger partial charge in [-0.25, -0.2) is 4.98 Å². The summed E-state index contributed by atoms with van der Waals surface area (Å²) in [5, 5.41) is 4.49. The SMILES string of the molecule is C[C@@H]1CCCC[C@H]1NC(=O)CN1CCCC[C@@H]1c1nc2ccccc2s1. The first-order valence-corrected chi connectivity index (χ1v) is 10.9. The van der Waals surface area contributed by atoms with Gasteiger partial charge >= 0.3 is 0 Å². The summed E-state index contributed by atoms with van der Waals surface area (Å²) < 4.78 is 1.24. The Hall–Kier alpha value is -1.46. The molecule has 0 unspecified atom stereocenters. The Morgan fingerprint density at radius 3 is 2.85 bits per heavy atom. The number of carbonyl (C=O) groups excluding carboxylic acids is 1. The Labute approximate surface area is 160 Å². The van der Waals surface area contributed by atoms with E-state index in [2.05, 4.69) is 35.3 Å². The van der Waals surface area contributed by atoms with Crippen LogP contribution in [0.15, 0.2) is 24.3 Å². The number of hydrogen-bond acceptors (Lipinski definition) is 4. The highest BCUT2D eigenvalue weighted by molar-refractivity contribution is 7.18. The minimum absolute atomic E-state index is 0.191. The third-order valence-electron chi connectivity index (χ3n) is 6.01. The summed E-state index contributed by atoms with van der Waals surface area (Å²) in [5.41, 5.74) is 1.08. The summed E-state index contributed by atoms with van der Waals surface area (Å²) in [6.07, 6.45) is 8.42. The Morgan fingerprint density at radius 1 is 1.19 bits per heavy atom. The predicted molar refractivity (Wildman–Crippen MR) is 107 cm³/mol. The van der Waals surface area contributed by atoms with Crippen LogP contribution in [0.3, 0.4) is 0 Å². The third kappa shape index (κ3) is 3.94. The number of carbonyl (C=O) groups is 1. The molecule has 1 aromatic heterocycles. The highest BCUT2D eigenvalue weighted by atomic mass is 32.1. The molecule has 4 nitrogen and oxygen atoms in total. The smallest absolute Gasteiger partial charge is 0.234 e. The van der Waals surface area contributed by atoms with Gasteiger partial charge in [-0.15, -0.1) is 11.3 Å². The molecule has 4 rings (SSSR count). The van der Waals surface area contributed by atoms with Crippen molar-refractivity contribution in [2.24, 2.45) is 5.92 Å². The van der Waals surface area contributed by atoms with Crippen molar-refractivity contribution in [3.05, 3.63) is 29.3 Å². The normalized spacial score (nSPS) is 27.5. The maximum atomic E-state index is 12.7. The summed E-state index contributed by atoms with van der Waals surface area (Å²) in [4.78, 5) is 19.9. The van der Waals surface area contributed by atoms with Crippen molar-refractivity contribution >= 4 is 27.5 Å². The fourth-order valence-electron chi connectivity index (χ4n) is 4.46. The molecule has 2 heterocycles. The number of fused-ring (bicyclic) bond motifs is 1. The maximum absolute atomic E-state index is 12.7. The number of hydrogen-bond donors (Lipinski definition) is 1. The monoisotopic (exact) mass is 371 g/mol. The van der Waals surface area contributed by atoms with Crippen LogP contribution in [0.5, 0.6) is 0 Å². The van der Waals surface area contributed by atoms with E-state index in [1.165, 1.54) is 41.8 Å². The zero-order valence-electron chi connectivity index (χ0n) is 15.6. The second kappa shape index (κ2) is 8.05. The Kier molecular flexibility index (Phi) is 5.55. The lowest BCUT2D eigenvalue weighted by atomic mass is 9.86. The molecule has 0 bridgehead atoms. The lowest BCUT2D eigenvalue weighted by Gasteiger charge is -2.35. The lowest BCUT2D eigenvalue weighted by Crippen LogP contribution is -2.47. The second-order valence-corrected chi connectivity index (χ2v) is 9.00. The van der Waals surface area contributed by atoms with E-state index >= 15 is 0 Å². The van der Waals surface area contributed by atoms with Crippen LogP contribution in [0.2, 0.25) is 0 Å². The van der Waals surface area contributed by atoms with Crippen molar-refractivity contribution in [3.63, 3.8) is 0 Å². The molecular weight excluding hydrogens is 342 g/mol. The molecular formula is C21H29N3OS. The number of likely N-dealkylation sites (tertiary alicyclic amines) is 1. The van der Waals surface area contributed by atoms with Gasteiger partial charge in [0, 0.05) is 6.04 Å². The van der Waals surface area contributed by atoms with Crippen LogP contribution in [0.4, 0.5) is 0 Å². The van der Waals surface area contributed by atoms with Crippen LogP contribution >= 0.6 is 11.3 Å². The number of amides is 1. The van der Waals surface area contributed by atoms with Gasteiger partial charge in [-0.05, 0) is 50.3 Å². The highest BCUT2D eigenvalue weighted by Gasteiger charge is 2.29. The van der Waals surface area contributed by atoms with Gasteiger partial charge < -0.3 is 5.32 Å². The molecule has 1 amide bonds. The molecule has 1 saturated carbocycles. The Morgan fingerprint density at radius 2 is 2.00 bits per heavy atom. The molecule has 2 aromatic rings. The zero-order valence-corrected chi connectivity index (χ0v) is 16.4. The number of para-hydroxylation sites is 1. The molecule has 1 N–H and O–H groups in total. The molecule has 1 aliphatic heterocycles. The van der Waals surface area contributed by atoms with Crippen molar-refractivity contribution < 1.29 is 4.79 Å². The van der Waals surface area contributed by atoms with E-state index in [1.807, 2.05) is 6.07 Å². The topological polar surface area (TPSA) is 45.2 Å². The van der Waals surface area contributed by atoms with Crippen molar-refractivity contribution in [2.45, 2.75) is 64.0 Å². The molecule has 26 heavy (non-hydrogen) atoms. The summed E-state index contributed by atoms with van der Waals surface area (Å²) >= 11 is 1.79.